The number of ether oxygens (including phenoxy) is 2. The van der Waals surface area contributed by atoms with Crippen LogP contribution in [0, 0.1) is 0 Å². The first-order chi connectivity index (χ1) is 6.86. The van der Waals surface area contributed by atoms with Crippen molar-refractivity contribution in [2.45, 2.75) is 19.9 Å². The first-order valence-electron chi connectivity index (χ1n) is 4.91. The maximum Gasteiger partial charge on any atom is 0.231 e. The monoisotopic (exact) mass is 193 g/mol. The van der Waals surface area contributed by atoms with Gasteiger partial charge in [0.25, 0.3) is 0 Å². The lowest BCUT2D eigenvalue weighted by molar-refractivity contribution is 0.173. The molecule has 0 aromatic heterocycles. The number of hydrogen-bond acceptors (Lipinski definition) is 3. The normalized spacial score (nSPS) is 13.3. The molecule has 1 aromatic rings. The number of benzene rings is 1. The van der Waals surface area contributed by atoms with Gasteiger partial charge in [0.1, 0.15) is 0 Å². The van der Waals surface area contributed by atoms with Crippen LogP contribution in [0.4, 0.5) is 0 Å². The zero-order valence-corrected chi connectivity index (χ0v) is 8.59. The average Bonchev–Trinajstić information content (AvgIpc) is 2.66. The molecule has 0 unspecified atom stereocenters. The number of hydrogen-bond donors (Lipinski definition) is 1. The van der Waals surface area contributed by atoms with Crippen molar-refractivity contribution in [2.24, 2.45) is 0 Å². The van der Waals surface area contributed by atoms with E-state index in [0.29, 0.717) is 6.79 Å². The van der Waals surface area contributed by atoms with Crippen LogP contribution in [-0.2, 0) is 13.0 Å². The summed E-state index contributed by atoms with van der Waals surface area (Å²) >= 11 is 0. The first kappa shape index (κ1) is 9.34. The zero-order valence-electron chi connectivity index (χ0n) is 8.59. The summed E-state index contributed by atoms with van der Waals surface area (Å²) < 4.78 is 10.8. The predicted octanol–water partition coefficient (Wildman–Crippen LogP) is 1.70. The first-order valence-corrected chi connectivity index (χ1v) is 4.91. The van der Waals surface area contributed by atoms with Gasteiger partial charge in [-0.05, 0) is 25.1 Å². The highest BCUT2D eigenvalue weighted by molar-refractivity contribution is 5.52. The van der Waals surface area contributed by atoms with Crippen LogP contribution in [0.1, 0.15) is 18.1 Å². The van der Waals surface area contributed by atoms with E-state index in [-0.39, 0.29) is 0 Å². The third-order valence-corrected chi connectivity index (χ3v) is 2.46. The second-order valence-electron chi connectivity index (χ2n) is 3.32. The van der Waals surface area contributed by atoms with Gasteiger partial charge in [0, 0.05) is 12.1 Å². The predicted molar refractivity (Wildman–Crippen MR) is 54.7 cm³/mol. The maximum atomic E-state index is 5.46. The van der Waals surface area contributed by atoms with E-state index in [1.807, 2.05) is 13.1 Å². The van der Waals surface area contributed by atoms with E-state index < -0.39 is 0 Å². The Labute approximate surface area is 84.0 Å². The molecular formula is C11H15NO2. The van der Waals surface area contributed by atoms with Crippen molar-refractivity contribution in [2.75, 3.05) is 13.8 Å². The standard InChI is InChI=1S/C11H15NO2/c1-3-9-8(6-12-2)4-5-10-11(9)14-7-13-10/h4-5,12H,3,6-7H2,1-2H3. The molecule has 14 heavy (non-hydrogen) atoms. The molecule has 0 atom stereocenters. The molecule has 0 saturated carbocycles. The number of fused-ring (bicyclic) bond motifs is 1. The van der Waals surface area contributed by atoms with Crippen LogP contribution in [0.5, 0.6) is 11.5 Å². The molecule has 76 valence electrons. The molecular weight excluding hydrogens is 178 g/mol. The minimum Gasteiger partial charge on any atom is -0.454 e. The van der Waals surface area contributed by atoms with E-state index in [4.69, 9.17) is 9.47 Å². The van der Waals surface area contributed by atoms with Gasteiger partial charge in [0.2, 0.25) is 6.79 Å². The molecule has 0 spiro atoms. The Bertz CT molecular complexity index is 336. The number of nitrogens with one attached hydrogen (secondary N) is 1. The van der Waals surface area contributed by atoms with E-state index in [0.717, 1.165) is 24.5 Å². The van der Waals surface area contributed by atoms with Crippen molar-refractivity contribution in [1.29, 1.82) is 0 Å². The van der Waals surface area contributed by atoms with Gasteiger partial charge in [-0.25, -0.2) is 0 Å². The topological polar surface area (TPSA) is 30.5 Å². The Morgan fingerprint density at radius 2 is 2.21 bits per heavy atom. The van der Waals surface area contributed by atoms with E-state index in [9.17, 15) is 0 Å². The molecule has 3 nitrogen and oxygen atoms in total. The summed E-state index contributed by atoms with van der Waals surface area (Å²) in [5.74, 6) is 1.81. The second kappa shape index (κ2) is 3.88. The molecule has 2 rings (SSSR count). The van der Waals surface area contributed by atoms with E-state index in [1.165, 1.54) is 11.1 Å². The van der Waals surface area contributed by atoms with Crippen molar-refractivity contribution >= 4 is 0 Å². The maximum absolute atomic E-state index is 5.46. The Morgan fingerprint density at radius 1 is 1.36 bits per heavy atom. The summed E-state index contributed by atoms with van der Waals surface area (Å²) in [4.78, 5) is 0. The molecule has 0 bridgehead atoms. The lowest BCUT2D eigenvalue weighted by Gasteiger charge is -2.09. The minimum atomic E-state index is 0.353. The van der Waals surface area contributed by atoms with Gasteiger partial charge in [-0.1, -0.05) is 13.0 Å². The van der Waals surface area contributed by atoms with E-state index >= 15 is 0 Å². The van der Waals surface area contributed by atoms with Gasteiger partial charge in [-0.2, -0.15) is 0 Å². The van der Waals surface area contributed by atoms with Crippen molar-refractivity contribution in [1.82, 2.24) is 5.32 Å². The fourth-order valence-corrected chi connectivity index (χ4v) is 1.81. The SMILES string of the molecule is CCc1c(CNC)ccc2c1OCO2. The van der Waals surface area contributed by atoms with E-state index in [2.05, 4.69) is 18.3 Å². The van der Waals surface area contributed by atoms with Gasteiger partial charge in [-0.3, -0.25) is 0 Å². The van der Waals surface area contributed by atoms with Crippen molar-refractivity contribution in [3.8, 4) is 11.5 Å². The second-order valence-corrected chi connectivity index (χ2v) is 3.32. The third kappa shape index (κ3) is 1.44. The fraction of sp³-hybridized carbons (Fsp3) is 0.455. The molecule has 0 amide bonds. The van der Waals surface area contributed by atoms with Gasteiger partial charge in [0.15, 0.2) is 11.5 Å². The minimum absolute atomic E-state index is 0.353. The summed E-state index contributed by atoms with van der Waals surface area (Å²) in [5.41, 5.74) is 2.55. The van der Waals surface area contributed by atoms with Gasteiger partial charge in [-0.15, -0.1) is 0 Å². The number of rotatable bonds is 3. The summed E-state index contributed by atoms with van der Waals surface area (Å²) in [6.45, 7) is 3.36. The molecule has 1 N–H and O–H groups in total. The Balaban J connectivity index is 2.43. The largest absolute Gasteiger partial charge is 0.454 e. The lowest BCUT2D eigenvalue weighted by atomic mass is 10.0. The Kier molecular flexibility index (Phi) is 2.59. The third-order valence-electron chi connectivity index (χ3n) is 2.46. The molecule has 1 heterocycles. The van der Waals surface area contributed by atoms with Crippen LogP contribution in [0.2, 0.25) is 0 Å². The highest BCUT2D eigenvalue weighted by Crippen LogP contribution is 2.37. The van der Waals surface area contributed by atoms with E-state index in [1.54, 1.807) is 0 Å². The van der Waals surface area contributed by atoms with Gasteiger partial charge in [0.05, 0.1) is 0 Å². The Morgan fingerprint density at radius 3 is 2.93 bits per heavy atom. The molecule has 0 saturated heterocycles. The highest BCUT2D eigenvalue weighted by atomic mass is 16.7. The fourth-order valence-electron chi connectivity index (χ4n) is 1.81. The molecule has 1 aliphatic rings. The molecule has 1 aliphatic heterocycles. The van der Waals surface area contributed by atoms with Crippen LogP contribution in [0.15, 0.2) is 12.1 Å². The van der Waals surface area contributed by atoms with Gasteiger partial charge < -0.3 is 14.8 Å². The molecule has 3 heteroatoms. The molecule has 0 radical (unpaired) electrons. The van der Waals surface area contributed by atoms with Crippen LogP contribution in [-0.4, -0.2) is 13.8 Å². The summed E-state index contributed by atoms with van der Waals surface area (Å²) in [5, 5.41) is 3.15. The lowest BCUT2D eigenvalue weighted by Crippen LogP contribution is -2.07. The molecule has 0 aliphatic carbocycles. The van der Waals surface area contributed by atoms with Crippen LogP contribution in [0.25, 0.3) is 0 Å². The molecule has 0 fully saturated rings. The summed E-state index contributed by atoms with van der Waals surface area (Å²) in [7, 11) is 1.95. The zero-order chi connectivity index (χ0) is 9.97. The van der Waals surface area contributed by atoms with Crippen molar-refractivity contribution in [3.63, 3.8) is 0 Å². The van der Waals surface area contributed by atoms with Crippen molar-refractivity contribution in [3.05, 3.63) is 23.3 Å². The average molecular weight is 193 g/mol. The Hall–Kier alpha value is -1.22. The van der Waals surface area contributed by atoms with Crippen LogP contribution in [0.3, 0.4) is 0 Å². The smallest absolute Gasteiger partial charge is 0.231 e. The van der Waals surface area contributed by atoms with Gasteiger partial charge >= 0.3 is 0 Å². The highest BCUT2D eigenvalue weighted by Gasteiger charge is 2.18. The summed E-state index contributed by atoms with van der Waals surface area (Å²) in [6, 6.07) is 4.08. The molecule has 1 aromatic carbocycles. The van der Waals surface area contributed by atoms with Crippen molar-refractivity contribution < 1.29 is 9.47 Å². The van der Waals surface area contributed by atoms with Crippen LogP contribution >= 0.6 is 0 Å². The quantitative estimate of drug-likeness (QED) is 0.792. The summed E-state index contributed by atoms with van der Waals surface area (Å²) in [6.07, 6.45) is 0.976. The van der Waals surface area contributed by atoms with Crippen LogP contribution < -0.4 is 14.8 Å².